The molecule has 0 aromatic heterocycles. The zero-order valence-electron chi connectivity index (χ0n) is 10.4. The second kappa shape index (κ2) is 7.68. The minimum absolute atomic E-state index is 0.0250. The van der Waals surface area contributed by atoms with Crippen molar-refractivity contribution in [2.45, 2.75) is 25.5 Å². The summed E-state index contributed by atoms with van der Waals surface area (Å²) in [5.74, 6) is 0.340. The van der Waals surface area contributed by atoms with Crippen LogP contribution in [0.25, 0.3) is 0 Å². The Morgan fingerprint density at radius 3 is 2.61 bits per heavy atom. The van der Waals surface area contributed by atoms with Gasteiger partial charge in [-0.15, -0.1) is 0 Å². The van der Waals surface area contributed by atoms with E-state index in [0.717, 1.165) is 11.3 Å². The van der Waals surface area contributed by atoms with Gasteiger partial charge in [-0.25, -0.2) is 0 Å². The molecule has 0 aliphatic rings. The van der Waals surface area contributed by atoms with Crippen molar-refractivity contribution in [3.63, 3.8) is 0 Å². The van der Waals surface area contributed by atoms with Crippen LogP contribution in [0.5, 0.6) is 5.75 Å². The van der Waals surface area contributed by atoms with Crippen LogP contribution in [0.2, 0.25) is 0 Å². The number of benzene rings is 1. The fraction of sp³-hybridized carbons (Fsp3) is 0.462. The average Bonchev–Trinajstić information content (AvgIpc) is 2.42. The highest BCUT2D eigenvalue weighted by Gasteiger charge is 2.13. The number of hydrogen-bond acceptors (Lipinski definition) is 4. The average molecular weight is 253 g/mol. The molecule has 1 aromatic carbocycles. The second-order valence-electron chi connectivity index (χ2n) is 3.95. The summed E-state index contributed by atoms with van der Waals surface area (Å²) in [7, 11) is 1.59. The highest BCUT2D eigenvalue weighted by molar-refractivity contribution is 5.80. The number of nitrogens with one attached hydrogen (secondary N) is 1. The first-order chi connectivity index (χ1) is 8.67. The Balaban J connectivity index is 2.37. The third kappa shape index (κ3) is 4.73. The molecule has 1 aromatic rings. The van der Waals surface area contributed by atoms with E-state index in [9.17, 15) is 9.90 Å². The molecule has 5 nitrogen and oxygen atoms in total. The van der Waals surface area contributed by atoms with Gasteiger partial charge in [-0.2, -0.15) is 0 Å². The molecule has 0 unspecified atom stereocenters. The topological polar surface area (TPSA) is 78.8 Å². The van der Waals surface area contributed by atoms with Crippen LogP contribution >= 0.6 is 0 Å². The first-order valence-corrected chi connectivity index (χ1v) is 5.87. The molecule has 0 radical (unpaired) electrons. The number of methoxy groups -OCH3 is 1. The molecule has 5 heteroatoms. The van der Waals surface area contributed by atoms with Crippen LogP contribution in [-0.4, -0.2) is 35.9 Å². The van der Waals surface area contributed by atoms with E-state index in [1.807, 2.05) is 24.3 Å². The third-order valence-electron chi connectivity index (χ3n) is 2.56. The molecule has 0 aliphatic heterocycles. The van der Waals surface area contributed by atoms with E-state index in [1.165, 1.54) is 0 Å². The van der Waals surface area contributed by atoms with E-state index in [-0.39, 0.29) is 13.0 Å². The summed E-state index contributed by atoms with van der Waals surface area (Å²) in [6.07, 6.45) is -0.377. The van der Waals surface area contributed by atoms with Crippen LogP contribution in [0.4, 0.5) is 0 Å². The Kier molecular flexibility index (Phi) is 6.18. The number of aliphatic hydroxyl groups excluding tert-OH is 2. The monoisotopic (exact) mass is 253 g/mol. The van der Waals surface area contributed by atoms with Gasteiger partial charge in [0.05, 0.1) is 7.11 Å². The van der Waals surface area contributed by atoms with Crippen molar-refractivity contribution in [3.05, 3.63) is 29.8 Å². The first kappa shape index (κ1) is 14.5. The van der Waals surface area contributed by atoms with Gasteiger partial charge in [0, 0.05) is 13.2 Å². The number of rotatable bonds is 7. The Morgan fingerprint density at radius 1 is 1.39 bits per heavy atom. The second-order valence-corrected chi connectivity index (χ2v) is 3.95. The van der Waals surface area contributed by atoms with Gasteiger partial charge in [-0.3, -0.25) is 4.79 Å². The van der Waals surface area contributed by atoms with Crippen molar-refractivity contribution in [1.29, 1.82) is 0 Å². The van der Waals surface area contributed by atoms with Gasteiger partial charge >= 0.3 is 0 Å². The van der Waals surface area contributed by atoms with E-state index in [0.29, 0.717) is 13.0 Å². The van der Waals surface area contributed by atoms with Crippen molar-refractivity contribution >= 4 is 5.91 Å². The summed E-state index contributed by atoms with van der Waals surface area (Å²) < 4.78 is 5.03. The quantitative estimate of drug-likeness (QED) is 0.659. The molecule has 0 spiro atoms. The number of aliphatic hydroxyl groups is 2. The molecule has 100 valence electrons. The van der Waals surface area contributed by atoms with Crippen LogP contribution < -0.4 is 10.1 Å². The minimum atomic E-state index is -1.06. The Hall–Kier alpha value is -1.59. The van der Waals surface area contributed by atoms with Crippen molar-refractivity contribution in [1.82, 2.24) is 5.32 Å². The molecular weight excluding hydrogens is 234 g/mol. The fourth-order valence-corrected chi connectivity index (χ4v) is 1.47. The number of carbonyl (C=O) groups is 1. The number of ether oxygens (including phenoxy) is 1. The molecule has 3 N–H and O–H groups in total. The molecule has 0 saturated heterocycles. The molecule has 0 fully saturated rings. The van der Waals surface area contributed by atoms with Crippen molar-refractivity contribution < 1.29 is 19.7 Å². The Bertz CT molecular complexity index is 364. The highest BCUT2D eigenvalue weighted by atomic mass is 16.5. The first-order valence-electron chi connectivity index (χ1n) is 5.87. The normalized spacial score (nSPS) is 11.9. The molecule has 0 aliphatic carbocycles. The van der Waals surface area contributed by atoms with Gasteiger partial charge in [0.1, 0.15) is 11.9 Å². The lowest BCUT2D eigenvalue weighted by atomic mass is 10.1. The third-order valence-corrected chi connectivity index (χ3v) is 2.56. The lowest BCUT2D eigenvalue weighted by Crippen LogP contribution is -2.34. The SMILES string of the molecule is COc1ccc(CNC(=O)[C@@H](O)CCCO)cc1. The highest BCUT2D eigenvalue weighted by Crippen LogP contribution is 2.11. The predicted octanol–water partition coefficient (Wildman–Crippen LogP) is 0.445. The number of hydrogen-bond donors (Lipinski definition) is 3. The van der Waals surface area contributed by atoms with E-state index in [4.69, 9.17) is 9.84 Å². The van der Waals surface area contributed by atoms with Gasteiger partial charge in [-0.1, -0.05) is 12.1 Å². The maximum atomic E-state index is 11.5. The van der Waals surface area contributed by atoms with Crippen LogP contribution in [0, 0.1) is 0 Å². The maximum absolute atomic E-state index is 11.5. The largest absolute Gasteiger partial charge is 0.497 e. The zero-order valence-corrected chi connectivity index (χ0v) is 10.4. The summed E-state index contributed by atoms with van der Waals surface area (Å²) in [6.45, 7) is 0.335. The van der Waals surface area contributed by atoms with Crippen molar-refractivity contribution in [3.8, 4) is 5.75 Å². The molecule has 0 bridgehead atoms. The van der Waals surface area contributed by atoms with Crippen LogP contribution in [-0.2, 0) is 11.3 Å². The fourth-order valence-electron chi connectivity index (χ4n) is 1.47. The minimum Gasteiger partial charge on any atom is -0.497 e. The van der Waals surface area contributed by atoms with Crippen molar-refractivity contribution in [2.75, 3.05) is 13.7 Å². The van der Waals surface area contributed by atoms with Gasteiger partial charge in [0.25, 0.3) is 0 Å². The molecule has 1 amide bonds. The lowest BCUT2D eigenvalue weighted by Gasteiger charge is -2.11. The maximum Gasteiger partial charge on any atom is 0.249 e. The number of amides is 1. The van der Waals surface area contributed by atoms with Crippen LogP contribution in [0.3, 0.4) is 0 Å². The van der Waals surface area contributed by atoms with Crippen LogP contribution in [0.15, 0.2) is 24.3 Å². The standard InChI is InChI=1S/C13H19NO4/c1-18-11-6-4-10(5-7-11)9-14-13(17)12(16)3-2-8-15/h4-7,12,15-16H,2-3,8-9H2,1H3,(H,14,17)/t12-/m0/s1. The van der Waals surface area contributed by atoms with Gasteiger partial charge in [0.2, 0.25) is 5.91 Å². The zero-order chi connectivity index (χ0) is 13.4. The smallest absolute Gasteiger partial charge is 0.249 e. The van der Waals surface area contributed by atoms with Gasteiger partial charge < -0.3 is 20.3 Å². The van der Waals surface area contributed by atoms with Gasteiger partial charge in [-0.05, 0) is 30.5 Å². The summed E-state index contributed by atoms with van der Waals surface area (Å²) in [6, 6.07) is 7.31. The van der Waals surface area contributed by atoms with Gasteiger partial charge in [0.15, 0.2) is 0 Å². The Labute approximate surface area is 106 Å². The molecule has 1 rings (SSSR count). The van der Waals surface area contributed by atoms with Crippen molar-refractivity contribution in [2.24, 2.45) is 0 Å². The molecule has 0 heterocycles. The molecule has 18 heavy (non-hydrogen) atoms. The van der Waals surface area contributed by atoms with E-state index >= 15 is 0 Å². The molecule has 1 atom stereocenters. The summed E-state index contributed by atoms with van der Waals surface area (Å²) >= 11 is 0. The van der Waals surface area contributed by atoms with E-state index in [1.54, 1.807) is 7.11 Å². The van der Waals surface area contributed by atoms with E-state index < -0.39 is 12.0 Å². The van der Waals surface area contributed by atoms with E-state index in [2.05, 4.69) is 5.32 Å². The summed E-state index contributed by atoms with van der Waals surface area (Å²) in [5.41, 5.74) is 0.929. The summed E-state index contributed by atoms with van der Waals surface area (Å²) in [4.78, 5) is 11.5. The predicted molar refractivity (Wildman–Crippen MR) is 67.2 cm³/mol. The summed E-state index contributed by atoms with van der Waals surface area (Å²) in [5, 5.41) is 20.7. The number of carbonyl (C=O) groups excluding carboxylic acids is 1. The van der Waals surface area contributed by atoms with Crippen LogP contribution in [0.1, 0.15) is 18.4 Å². The molecule has 0 saturated carbocycles. The molecular formula is C13H19NO4. The lowest BCUT2D eigenvalue weighted by molar-refractivity contribution is -0.129. The Morgan fingerprint density at radius 2 is 2.06 bits per heavy atom.